The highest BCUT2D eigenvalue weighted by Gasteiger charge is 2.20. The van der Waals surface area contributed by atoms with Gasteiger partial charge in [0.25, 0.3) is 5.91 Å². The molecule has 1 aromatic carbocycles. The van der Waals surface area contributed by atoms with Crippen molar-refractivity contribution in [1.82, 2.24) is 25.6 Å². The molecule has 9 nitrogen and oxygen atoms in total. The van der Waals surface area contributed by atoms with Crippen molar-refractivity contribution in [2.45, 2.75) is 26.5 Å². The summed E-state index contributed by atoms with van der Waals surface area (Å²) in [6, 6.07) is 6.43. The summed E-state index contributed by atoms with van der Waals surface area (Å²) in [5, 5.41) is 9.26. The summed E-state index contributed by atoms with van der Waals surface area (Å²) in [4.78, 5) is 25.2. The van der Waals surface area contributed by atoms with Gasteiger partial charge < -0.3 is 25.4 Å². The van der Waals surface area contributed by atoms with Gasteiger partial charge in [-0.1, -0.05) is 6.07 Å². The Morgan fingerprint density at radius 2 is 2.03 bits per heavy atom. The number of rotatable bonds is 10. The Morgan fingerprint density at radius 1 is 1.17 bits per heavy atom. The summed E-state index contributed by atoms with van der Waals surface area (Å²) >= 11 is 0. The van der Waals surface area contributed by atoms with Crippen molar-refractivity contribution in [2.24, 2.45) is 0 Å². The number of halogens is 1. The predicted molar refractivity (Wildman–Crippen MR) is 136 cm³/mol. The minimum atomic E-state index is -0.478. The first-order chi connectivity index (χ1) is 17.5. The number of fused-ring (bicyclic) bond motifs is 1. The standard InChI is InChI=1S/C26H29FN6O3/c1-4-35-21-12-17(14-31-26(21)36-5-2)20-13-22(33-15-32-20)29-10-8-16-6-7-19(27)23-18(25(34)28-3)9-11-30-24(16)23/h6-7,9,11-15,26,31H,4-5,8,10H2,1-3H3,(H,28,34)(H,29,32,33). The van der Waals surface area contributed by atoms with Crippen LogP contribution in [-0.2, 0) is 15.9 Å². The highest BCUT2D eigenvalue weighted by atomic mass is 19.1. The lowest BCUT2D eigenvalue weighted by Gasteiger charge is -2.25. The first-order valence-electron chi connectivity index (χ1n) is 11.8. The Hall–Kier alpha value is -4.05. The molecule has 0 saturated carbocycles. The maximum atomic E-state index is 14.6. The molecule has 3 aromatic rings. The quantitative estimate of drug-likeness (QED) is 0.395. The van der Waals surface area contributed by atoms with E-state index in [0.717, 1.165) is 16.8 Å². The molecule has 2 aromatic heterocycles. The van der Waals surface area contributed by atoms with Crippen LogP contribution in [-0.4, -0.2) is 53.9 Å². The van der Waals surface area contributed by atoms with Crippen molar-refractivity contribution in [3.63, 3.8) is 0 Å². The number of ether oxygens (including phenoxy) is 2. The zero-order chi connectivity index (χ0) is 25.5. The van der Waals surface area contributed by atoms with Crippen LogP contribution in [0.25, 0.3) is 16.5 Å². The molecule has 4 rings (SSSR count). The number of amides is 1. The monoisotopic (exact) mass is 492 g/mol. The molecule has 0 aliphatic carbocycles. The molecular weight excluding hydrogens is 463 g/mol. The van der Waals surface area contributed by atoms with Gasteiger partial charge in [0.05, 0.1) is 23.4 Å². The lowest BCUT2D eigenvalue weighted by atomic mass is 10.0. The van der Waals surface area contributed by atoms with Crippen LogP contribution in [0.3, 0.4) is 0 Å². The molecule has 0 fully saturated rings. The smallest absolute Gasteiger partial charge is 0.251 e. The van der Waals surface area contributed by atoms with E-state index in [4.69, 9.17) is 9.47 Å². The van der Waals surface area contributed by atoms with Crippen LogP contribution in [0.1, 0.15) is 35.5 Å². The number of dihydropyridines is 1. The average molecular weight is 493 g/mol. The zero-order valence-corrected chi connectivity index (χ0v) is 20.5. The number of pyridine rings is 1. The number of carbonyl (C=O) groups excluding carboxylic acids is 1. The van der Waals surface area contributed by atoms with Crippen LogP contribution in [0.4, 0.5) is 10.2 Å². The van der Waals surface area contributed by atoms with Crippen LogP contribution in [0.15, 0.2) is 54.8 Å². The molecule has 1 aliphatic heterocycles. The molecule has 0 spiro atoms. The Morgan fingerprint density at radius 3 is 2.81 bits per heavy atom. The van der Waals surface area contributed by atoms with Gasteiger partial charge >= 0.3 is 0 Å². The molecule has 1 aliphatic rings. The van der Waals surface area contributed by atoms with E-state index in [1.807, 2.05) is 32.2 Å². The van der Waals surface area contributed by atoms with Gasteiger partial charge in [-0.3, -0.25) is 9.78 Å². The summed E-state index contributed by atoms with van der Waals surface area (Å²) in [5.74, 6) is 0.501. The number of benzene rings is 1. The Balaban J connectivity index is 1.49. The molecule has 1 atom stereocenters. The number of hydrogen-bond acceptors (Lipinski definition) is 8. The van der Waals surface area contributed by atoms with Crippen molar-refractivity contribution in [3.8, 4) is 0 Å². The van der Waals surface area contributed by atoms with Gasteiger partial charge in [-0.15, -0.1) is 0 Å². The summed E-state index contributed by atoms with van der Waals surface area (Å²) in [7, 11) is 1.51. The van der Waals surface area contributed by atoms with E-state index >= 15 is 0 Å². The van der Waals surface area contributed by atoms with E-state index in [-0.39, 0.29) is 23.1 Å². The van der Waals surface area contributed by atoms with E-state index in [1.165, 1.54) is 31.7 Å². The number of nitrogens with one attached hydrogen (secondary N) is 3. The largest absolute Gasteiger partial charge is 0.493 e. The number of allylic oxidation sites excluding steroid dienone is 2. The summed E-state index contributed by atoms with van der Waals surface area (Å²) in [5.41, 5.74) is 3.11. The topological polar surface area (TPSA) is 110 Å². The molecule has 3 heterocycles. The third kappa shape index (κ3) is 5.44. The van der Waals surface area contributed by atoms with Gasteiger partial charge in [-0.25, -0.2) is 14.4 Å². The van der Waals surface area contributed by atoms with Crippen molar-refractivity contribution < 1.29 is 18.7 Å². The lowest BCUT2D eigenvalue weighted by Crippen LogP contribution is -2.33. The van der Waals surface area contributed by atoms with E-state index < -0.39 is 5.82 Å². The second-order valence-electron chi connectivity index (χ2n) is 7.91. The van der Waals surface area contributed by atoms with Crippen LogP contribution in [0.2, 0.25) is 0 Å². The van der Waals surface area contributed by atoms with Crippen molar-refractivity contribution in [2.75, 3.05) is 32.1 Å². The van der Waals surface area contributed by atoms with Crippen molar-refractivity contribution >= 4 is 28.2 Å². The number of carbonyl (C=O) groups is 1. The molecule has 1 unspecified atom stereocenters. The van der Waals surface area contributed by atoms with Gasteiger partial charge in [0.15, 0.2) is 6.23 Å². The normalized spacial score (nSPS) is 15.1. The SMILES string of the molecule is CCOC1=CC(c2cc(NCCc3ccc(F)c4c(C(=O)NC)ccnc34)ncn2)=CNC1OCC. The van der Waals surface area contributed by atoms with Crippen LogP contribution < -0.4 is 16.0 Å². The minimum Gasteiger partial charge on any atom is -0.493 e. The highest BCUT2D eigenvalue weighted by molar-refractivity contribution is 6.06. The number of anilines is 1. The summed E-state index contributed by atoms with van der Waals surface area (Å²) in [6.45, 7) is 5.45. The Kier molecular flexibility index (Phi) is 8.06. The fourth-order valence-corrected chi connectivity index (χ4v) is 3.99. The van der Waals surface area contributed by atoms with Gasteiger partial charge in [-0.2, -0.15) is 0 Å². The third-order valence-corrected chi connectivity index (χ3v) is 5.65. The van der Waals surface area contributed by atoms with Gasteiger partial charge in [0.2, 0.25) is 0 Å². The second-order valence-corrected chi connectivity index (χ2v) is 7.91. The van der Waals surface area contributed by atoms with Gasteiger partial charge in [0, 0.05) is 49.6 Å². The molecule has 10 heteroatoms. The molecule has 0 saturated heterocycles. The van der Waals surface area contributed by atoms with E-state index in [1.54, 1.807) is 6.07 Å². The zero-order valence-electron chi connectivity index (χ0n) is 20.5. The molecule has 36 heavy (non-hydrogen) atoms. The van der Waals surface area contributed by atoms with Crippen LogP contribution in [0, 0.1) is 5.82 Å². The predicted octanol–water partition coefficient (Wildman–Crippen LogP) is 3.41. The fraction of sp³-hybridized carbons (Fsp3) is 0.308. The molecule has 3 N–H and O–H groups in total. The van der Waals surface area contributed by atoms with E-state index in [2.05, 4.69) is 30.9 Å². The second kappa shape index (κ2) is 11.6. The number of hydrogen-bond donors (Lipinski definition) is 3. The van der Waals surface area contributed by atoms with E-state index in [9.17, 15) is 9.18 Å². The fourth-order valence-electron chi connectivity index (χ4n) is 3.99. The first-order valence-corrected chi connectivity index (χ1v) is 11.8. The third-order valence-electron chi connectivity index (χ3n) is 5.65. The lowest BCUT2D eigenvalue weighted by molar-refractivity contribution is 0.0253. The number of aromatic nitrogens is 3. The molecule has 1 amide bonds. The maximum absolute atomic E-state index is 14.6. The van der Waals surface area contributed by atoms with Gasteiger partial charge in [-0.05, 0) is 44.0 Å². The van der Waals surface area contributed by atoms with Crippen molar-refractivity contribution in [1.29, 1.82) is 0 Å². The maximum Gasteiger partial charge on any atom is 0.251 e. The highest BCUT2D eigenvalue weighted by Crippen LogP contribution is 2.25. The molecule has 188 valence electrons. The van der Waals surface area contributed by atoms with E-state index in [0.29, 0.717) is 43.3 Å². The molecule has 0 radical (unpaired) electrons. The Labute approximate surface area is 208 Å². The molecule has 0 bridgehead atoms. The summed E-state index contributed by atoms with van der Waals surface area (Å²) in [6.07, 6.45) is 6.98. The van der Waals surface area contributed by atoms with Crippen LogP contribution in [0.5, 0.6) is 0 Å². The first kappa shape index (κ1) is 25.1. The number of nitrogens with zero attached hydrogens (tertiary/aromatic N) is 3. The van der Waals surface area contributed by atoms with Gasteiger partial charge in [0.1, 0.15) is 23.7 Å². The Bertz CT molecular complexity index is 1310. The molecular formula is C26H29FN6O3. The van der Waals surface area contributed by atoms with Crippen molar-refractivity contribution in [3.05, 3.63) is 77.5 Å². The summed E-state index contributed by atoms with van der Waals surface area (Å²) < 4.78 is 26.0. The van der Waals surface area contributed by atoms with Crippen LogP contribution >= 0.6 is 0 Å². The minimum absolute atomic E-state index is 0.220. The average Bonchev–Trinajstić information content (AvgIpc) is 2.90.